The molecule has 0 heterocycles. The van der Waals surface area contributed by atoms with Crippen molar-refractivity contribution in [2.75, 3.05) is 11.9 Å². The number of hydrogen-bond donors (Lipinski definition) is 4. The van der Waals surface area contributed by atoms with Crippen LogP contribution in [0.1, 0.15) is 26.3 Å². The highest BCUT2D eigenvalue weighted by Crippen LogP contribution is 2.19. The Balaban J connectivity index is 1.56. The van der Waals surface area contributed by atoms with Gasteiger partial charge in [0.2, 0.25) is 0 Å². The minimum atomic E-state index is -1.15. The molecule has 0 aliphatic heterocycles. The van der Waals surface area contributed by atoms with E-state index >= 15 is 0 Å². The molecular formula is C29H23N3O5. The third-order valence-electron chi connectivity index (χ3n) is 5.44. The van der Waals surface area contributed by atoms with E-state index in [0.29, 0.717) is 11.3 Å². The number of hydrogen-bond acceptors (Lipinski definition) is 4. The average Bonchev–Trinajstić information content (AvgIpc) is 2.92. The van der Waals surface area contributed by atoms with E-state index in [1.807, 2.05) is 60.7 Å². The maximum Gasteiger partial charge on any atom is 0.322 e. The SMILES string of the molecule is O=C(O)CNC(=O)c1ccc(NC(=O)C(=Cc2ccccc2)NC(=O)c2cccc3ccccc23)cc1. The van der Waals surface area contributed by atoms with Gasteiger partial charge in [0.1, 0.15) is 12.2 Å². The predicted octanol–water partition coefficient (Wildman–Crippen LogP) is 4.06. The molecule has 0 bridgehead atoms. The normalized spacial score (nSPS) is 11.0. The van der Waals surface area contributed by atoms with Gasteiger partial charge >= 0.3 is 5.97 Å². The summed E-state index contributed by atoms with van der Waals surface area (Å²) in [5.74, 6) is -2.69. The molecule has 8 heteroatoms. The van der Waals surface area contributed by atoms with Crippen molar-refractivity contribution in [2.45, 2.75) is 0 Å². The molecule has 0 fully saturated rings. The third kappa shape index (κ3) is 6.46. The first-order chi connectivity index (χ1) is 17.9. The molecule has 8 nitrogen and oxygen atoms in total. The average molecular weight is 494 g/mol. The monoisotopic (exact) mass is 493 g/mol. The summed E-state index contributed by atoms with van der Waals surface area (Å²) in [6.07, 6.45) is 1.58. The number of benzene rings is 4. The second kappa shape index (κ2) is 11.5. The van der Waals surface area contributed by atoms with Crippen molar-refractivity contribution in [3.8, 4) is 0 Å². The summed E-state index contributed by atoms with van der Waals surface area (Å²) >= 11 is 0. The lowest BCUT2D eigenvalue weighted by molar-refractivity contribution is -0.135. The van der Waals surface area contributed by atoms with Crippen molar-refractivity contribution < 1.29 is 24.3 Å². The van der Waals surface area contributed by atoms with Crippen LogP contribution < -0.4 is 16.0 Å². The van der Waals surface area contributed by atoms with Crippen LogP contribution in [0, 0.1) is 0 Å². The topological polar surface area (TPSA) is 125 Å². The third-order valence-corrected chi connectivity index (χ3v) is 5.44. The van der Waals surface area contributed by atoms with Gasteiger partial charge in [-0.25, -0.2) is 0 Å². The van der Waals surface area contributed by atoms with Gasteiger partial charge in [-0.1, -0.05) is 66.7 Å². The molecule has 4 aromatic carbocycles. The van der Waals surface area contributed by atoms with E-state index in [-0.39, 0.29) is 11.3 Å². The molecule has 0 spiro atoms. The maximum absolute atomic E-state index is 13.2. The molecule has 4 aromatic rings. The molecule has 0 saturated carbocycles. The molecule has 0 aliphatic carbocycles. The van der Waals surface area contributed by atoms with Crippen molar-refractivity contribution in [3.05, 3.63) is 119 Å². The Hall–Kier alpha value is -5.24. The first-order valence-corrected chi connectivity index (χ1v) is 11.4. The molecule has 0 aromatic heterocycles. The Labute approximate surface area is 212 Å². The summed E-state index contributed by atoms with van der Waals surface area (Å²) in [6, 6.07) is 27.9. The van der Waals surface area contributed by atoms with Crippen LogP contribution >= 0.6 is 0 Å². The van der Waals surface area contributed by atoms with Gasteiger partial charge in [0.05, 0.1) is 0 Å². The molecule has 0 unspecified atom stereocenters. The van der Waals surface area contributed by atoms with E-state index in [1.54, 1.807) is 18.2 Å². The van der Waals surface area contributed by atoms with Crippen molar-refractivity contribution in [1.82, 2.24) is 10.6 Å². The lowest BCUT2D eigenvalue weighted by Crippen LogP contribution is -2.31. The van der Waals surface area contributed by atoms with Crippen LogP contribution in [-0.2, 0) is 9.59 Å². The number of aliphatic carboxylic acids is 1. The molecule has 37 heavy (non-hydrogen) atoms. The van der Waals surface area contributed by atoms with Gasteiger partial charge in [-0.15, -0.1) is 0 Å². The lowest BCUT2D eigenvalue weighted by Gasteiger charge is -2.13. The van der Waals surface area contributed by atoms with E-state index in [4.69, 9.17) is 5.11 Å². The fraction of sp³-hybridized carbons (Fsp3) is 0.0345. The molecule has 4 rings (SSSR count). The van der Waals surface area contributed by atoms with Gasteiger partial charge < -0.3 is 21.1 Å². The zero-order chi connectivity index (χ0) is 26.2. The quantitative estimate of drug-likeness (QED) is 0.276. The molecule has 4 N–H and O–H groups in total. The summed E-state index contributed by atoms with van der Waals surface area (Å²) in [5, 5.41) is 18.1. The number of carboxylic acids is 1. The maximum atomic E-state index is 13.2. The highest BCUT2D eigenvalue weighted by atomic mass is 16.4. The van der Waals surface area contributed by atoms with Crippen molar-refractivity contribution in [3.63, 3.8) is 0 Å². The van der Waals surface area contributed by atoms with E-state index in [1.165, 1.54) is 24.3 Å². The number of carboxylic acid groups (broad SMARTS) is 1. The molecule has 0 atom stereocenters. The minimum absolute atomic E-state index is 0.0346. The van der Waals surface area contributed by atoms with Crippen molar-refractivity contribution in [1.29, 1.82) is 0 Å². The van der Waals surface area contributed by atoms with Crippen molar-refractivity contribution in [2.24, 2.45) is 0 Å². The predicted molar refractivity (Wildman–Crippen MR) is 141 cm³/mol. The zero-order valence-corrected chi connectivity index (χ0v) is 19.6. The van der Waals surface area contributed by atoms with Crippen LogP contribution in [0.4, 0.5) is 5.69 Å². The summed E-state index contributed by atoms with van der Waals surface area (Å²) in [6.45, 7) is -0.499. The fourth-order valence-electron chi connectivity index (χ4n) is 3.65. The number of carbonyl (C=O) groups is 4. The highest BCUT2D eigenvalue weighted by Gasteiger charge is 2.17. The number of nitrogens with one attached hydrogen (secondary N) is 3. The summed E-state index contributed by atoms with van der Waals surface area (Å²) < 4.78 is 0. The van der Waals surface area contributed by atoms with E-state index in [0.717, 1.165) is 16.3 Å². The Kier molecular flexibility index (Phi) is 7.70. The molecule has 184 valence electrons. The summed E-state index contributed by atoms with van der Waals surface area (Å²) in [5.41, 5.74) is 1.81. The number of fused-ring (bicyclic) bond motifs is 1. The van der Waals surface area contributed by atoms with E-state index < -0.39 is 30.2 Å². The van der Waals surface area contributed by atoms with Crippen molar-refractivity contribution >= 4 is 46.2 Å². The van der Waals surface area contributed by atoms with Crippen LogP contribution in [0.25, 0.3) is 16.8 Å². The first-order valence-electron chi connectivity index (χ1n) is 11.4. The van der Waals surface area contributed by atoms with Gasteiger partial charge in [-0.05, 0) is 52.7 Å². The van der Waals surface area contributed by atoms with Gasteiger partial charge in [0, 0.05) is 16.8 Å². The zero-order valence-electron chi connectivity index (χ0n) is 19.6. The second-order valence-corrected chi connectivity index (χ2v) is 8.06. The Bertz CT molecular complexity index is 1490. The Morgan fingerprint density at radius 3 is 2.14 bits per heavy atom. The number of amides is 3. The first kappa shape index (κ1) is 24.9. The fourth-order valence-corrected chi connectivity index (χ4v) is 3.65. The number of rotatable bonds is 8. The van der Waals surface area contributed by atoms with Gasteiger partial charge in [0.15, 0.2) is 0 Å². The van der Waals surface area contributed by atoms with E-state index in [2.05, 4.69) is 16.0 Å². The van der Waals surface area contributed by atoms with Gasteiger partial charge in [-0.3, -0.25) is 19.2 Å². The molecule has 0 aliphatic rings. The Morgan fingerprint density at radius 2 is 1.41 bits per heavy atom. The van der Waals surface area contributed by atoms with Crippen LogP contribution in [0.3, 0.4) is 0 Å². The highest BCUT2D eigenvalue weighted by molar-refractivity contribution is 6.14. The minimum Gasteiger partial charge on any atom is -0.480 e. The number of anilines is 1. The summed E-state index contributed by atoms with van der Waals surface area (Å²) in [7, 11) is 0. The van der Waals surface area contributed by atoms with Gasteiger partial charge in [-0.2, -0.15) is 0 Å². The largest absolute Gasteiger partial charge is 0.480 e. The van der Waals surface area contributed by atoms with Gasteiger partial charge in [0.25, 0.3) is 17.7 Å². The molecule has 0 radical (unpaired) electrons. The Morgan fingerprint density at radius 1 is 0.730 bits per heavy atom. The van der Waals surface area contributed by atoms with Crippen LogP contribution in [-0.4, -0.2) is 35.3 Å². The smallest absolute Gasteiger partial charge is 0.322 e. The van der Waals surface area contributed by atoms with Crippen LogP contribution in [0.2, 0.25) is 0 Å². The molecule has 3 amide bonds. The van der Waals surface area contributed by atoms with E-state index in [9.17, 15) is 19.2 Å². The van der Waals surface area contributed by atoms with Crippen LogP contribution in [0.5, 0.6) is 0 Å². The summed E-state index contributed by atoms with van der Waals surface area (Å²) in [4.78, 5) is 49.1. The number of carbonyl (C=O) groups excluding carboxylic acids is 3. The van der Waals surface area contributed by atoms with Crippen LogP contribution in [0.15, 0.2) is 103 Å². The standard InChI is InChI=1S/C29H23N3O5/c33-26(34)18-30-27(35)21-13-15-22(16-14-21)31-29(37)25(17-19-7-2-1-3-8-19)32-28(36)24-12-6-10-20-9-4-5-11-23(20)24/h1-17H,18H2,(H,30,35)(H,31,37)(H,32,36)(H,33,34). The molecule has 0 saturated heterocycles. The second-order valence-electron chi connectivity index (χ2n) is 8.06. The molecular weight excluding hydrogens is 470 g/mol. The lowest BCUT2D eigenvalue weighted by atomic mass is 10.0.